The van der Waals surface area contributed by atoms with Gasteiger partial charge in [0.1, 0.15) is 0 Å². The van der Waals surface area contributed by atoms with Crippen LogP contribution >= 0.6 is 23.2 Å². The van der Waals surface area contributed by atoms with E-state index < -0.39 is 0 Å². The summed E-state index contributed by atoms with van der Waals surface area (Å²) in [7, 11) is 0. The highest BCUT2D eigenvalue weighted by Crippen LogP contribution is 2.33. The SMILES string of the molecule is NCCNC(=O)c1cc2cc[nH]c(=O)c2c2cc(Cl)c(Cl)cc12. The molecule has 118 valence electrons. The summed E-state index contributed by atoms with van der Waals surface area (Å²) in [5.41, 5.74) is 5.59. The topological polar surface area (TPSA) is 88.0 Å². The Morgan fingerprint density at radius 2 is 1.87 bits per heavy atom. The van der Waals surface area contributed by atoms with Crippen LogP contribution in [0.15, 0.2) is 35.3 Å². The first-order valence-electron chi connectivity index (χ1n) is 6.94. The van der Waals surface area contributed by atoms with E-state index in [1.54, 1.807) is 24.3 Å². The number of amides is 1. The zero-order valence-corrected chi connectivity index (χ0v) is 13.5. The summed E-state index contributed by atoms with van der Waals surface area (Å²) >= 11 is 12.2. The Morgan fingerprint density at radius 1 is 1.17 bits per heavy atom. The molecule has 0 aliphatic heterocycles. The Kier molecular flexibility index (Phi) is 4.26. The van der Waals surface area contributed by atoms with E-state index in [-0.39, 0.29) is 11.5 Å². The molecular formula is C16H13Cl2N3O2. The fourth-order valence-electron chi connectivity index (χ4n) is 2.57. The molecule has 0 fully saturated rings. The van der Waals surface area contributed by atoms with E-state index in [0.29, 0.717) is 50.2 Å². The Morgan fingerprint density at radius 3 is 2.57 bits per heavy atom. The van der Waals surface area contributed by atoms with Gasteiger partial charge in [-0.2, -0.15) is 0 Å². The van der Waals surface area contributed by atoms with Crippen LogP contribution in [0.4, 0.5) is 0 Å². The van der Waals surface area contributed by atoms with Crippen molar-refractivity contribution in [3.63, 3.8) is 0 Å². The summed E-state index contributed by atoms with van der Waals surface area (Å²) in [6.45, 7) is 0.693. The van der Waals surface area contributed by atoms with E-state index >= 15 is 0 Å². The first kappa shape index (κ1) is 15.8. The van der Waals surface area contributed by atoms with Gasteiger partial charge < -0.3 is 16.0 Å². The lowest BCUT2D eigenvalue weighted by Crippen LogP contribution is -2.29. The predicted molar refractivity (Wildman–Crippen MR) is 93.5 cm³/mol. The molecule has 0 unspecified atom stereocenters. The molecule has 1 heterocycles. The molecule has 23 heavy (non-hydrogen) atoms. The first-order chi connectivity index (χ1) is 11.0. The van der Waals surface area contributed by atoms with Crippen LogP contribution < -0.4 is 16.6 Å². The van der Waals surface area contributed by atoms with Crippen molar-refractivity contribution in [2.75, 3.05) is 13.1 Å². The van der Waals surface area contributed by atoms with Crippen LogP contribution in [0.1, 0.15) is 10.4 Å². The number of halogens is 2. The number of H-pyrrole nitrogens is 1. The van der Waals surface area contributed by atoms with E-state index in [9.17, 15) is 9.59 Å². The highest BCUT2D eigenvalue weighted by Gasteiger charge is 2.16. The van der Waals surface area contributed by atoms with Gasteiger partial charge in [-0.1, -0.05) is 23.2 Å². The molecule has 0 atom stereocenters. The average Bonchev–Trinajstić information content (AvgIpc) is 2.53. The second-order valence-electron chi connectivity index (χ2n) is 5.05. The molecule has 0 bridgehead atoms. The normalized spacial score (nSPS) is 11.1. The number of fused-ring (bicyclic) bond motifs is 3. The molecule has 3 aromatic rings. The molecule has 0 spiro atoms. The Hall–Kier alpha value is -2.08. The second-order valence-corrected chi connectivity index (χ2v) is 5.87. The summed E-state index contributed by atoms with van der Waals surface area (Å²) in [6.07, 6.45) is 1.54. The van der Waals surface area contributed by atoms with Crippen LogP contribution in [0, 0.1) is 0 Å². The summed E-state index contributed by atoms with van der Waals surface area (Å²) in [6, 6.07) is 6.61. The van der Waals surface area contributed by atoms with Gasteiger partial charge in [-0.25, -0.2) is 0 Å². The average molecular weight is 350 g/mol. The maximum Gasteiger partial charge on any atom is 0.256 e. The zero-order chi connectivity index (χ0) is 16.6. The van der Waals surface area contributed by atoms with Gasteiger partial charge in [0.05, 0.1) is 15.4 Å². The third-order valence-electron chi connectivity index (χ3n) is 3.59. The molecule has 0 aliphatic carbocycles. The van der Waals surface area contributed by atoms with Crippen LogP contribution in [-0.4, -0.2) is 24.0 Å². The standard InChI is InChI=1S/C16H13Cl2N3O2/c17-12-6-9-10(7-13(12)18)14-8(1-3-20-16(14)23)5-11(9)15(22)21-4-2-19/h1,3,5-7H,2,4,19H2,(H,20,23)(H,21,22). The minimum Gasteiger partial charge on any atom is -0.351 e. The molecule has 1 aromatic heterocycles. The lowest BCUT2D eigenvalue weighted by atomic mass is 9.98. The maximum absolute atomic E-state index is 12.4. The van der Waals surface area contributed by atoms with Gasteiger partial charge in [-0.15, -0.1) is 0 Å². The Labute approximate surface area is 141 Å². The van der Waals surface area contributed by atoms with Crippen LogP contribution in [0.5, 0.6) is 0 Å². The van der Waals surface area contributed by atoms with Gasteiger partial charge in [-0.05, 0) is 40.4 Å². The minimum atomic E-state index is -0.277. The van der Waals surface area contributed by atoms with Gasteiger partial charge >= 0.3 is 0 Å². The van der Waals surface area contributed by atoms with Crippen molar-refractivity contribution in [1.82, 2.24) is 10.3 Å². The van der Waals surface area contributed by atoms with Crippen LogP contribution in [0.2, 0.25) is 10.0 Å². The van der Waals surface area contributed by atoms with Crippen molar-refractivity contribution < 1.29 is 4.79 Å². The van der Waals surface area contributed by atoms with Gasteiger partial charge in [0.25, 0.3) is 11.5 Å². The molecule has 1 amide bonds. The summed E-state index contributed by atoms with van der Waals surface area (Å²) in [4.78, 5) is 27.2. The molecule has 0 aliphatic rings. The number of pyridine rings is 1. The van der Waals surface area contributed by atoms with Crippen molar-refractivity contribution in [3.05, 3.63) is 56.4 Å². The number of hydrogen-bond donors (Lipinski definition) is 3. The van der Waals surface area contributed by atoms with E-state index in [4.69, 9.17) is 28.9 Å². The van der Waals surface area contributed by atoms with Crippen molar-refractivity contribution >= 4 is 50.7 Å². The number of rotatable bonds is 3. The quantitative estimate of drug-likeness (QED) is 0.635. The van der Waals surface area contributed by atoms with E-state index in [1.807, 2.05) is 0 Å². The highest BCUT2D eigenvalue weighted by molar-refractivity contribution is 6.43. The first-order valence-corrected chi connectivity index (χ1v) is 7.70. The number of benzene rings is 2. The number of aromatic nitrogens is 1. The fraction of sp³-hybridized carbons (Fsp3) is 0.125. The third kappa shape index (κ3) is 2.79. The second kappa shape index (κ2) is 6.20. The lowest BCUT2D eigenvalue weighted by Gasteiger charge is -2.11. The van der Waals surface area contributed by atoms with Crippen molar-refractivity contribution in [2.24, 2.45) is 5.73 Å². The predicted octanol–water partition coefficient (Wildman–Crippen LogP) is 2.68. The van der Waals surface area contributed by atoms with Gasteiger partial charge in [0.15, 0.2) is 0 Å². The molecule has 4 N–H and O–H groups in total. The summed E-state index contributed by atoms with van der Waals surface area (Å²) in [5, 5.41) is 5.64. The van der Waals surface area contributed by atoms with Gasteiger partial charge in [0.2, 0.25) is 0 Å². The number of aromatic amines is 1. The molecular weight excluding hydrogens is 337 g/mol. The number of carbonyl (C=O) groups excluding carboxylic acids is 1. The van der Waals surface area contributed by atoms with E-state index in [0.717, 1.165) is 0 Å². The summed E-state index contributed by atoms with van der Waals surface area (Å²) < 4.78 is 0. The molecule has 5 nitrogen and oxygen atoms in total. The zero-order valence-electron chi connectivity index (χ0n) is 12.0. The molecule has 0 saturated carbocycles. The molecule has 3 rings (SSSR count). The number of carbonyl (C=O) groups is 1. The molecule has 0 saturated heterocycles. The number of nitrogens with two attached hydrogens (primary N) is 1. The minimum absolute atomic E-state index is 0.250. The summed E-state index contributed by atoms with van der Waals surface area (Å²) in [5.74, 6) is -0.277. The highest BCUT2D eigenvalue weighted by atomic mass is 35.5. The van der Waals surface area contributed by atoms with Crippen LogP contribution in [-0.2, 0) is 0 Å². The largest absolute Gasteiger partial charge is 0.351 e. The third-order valence-corrected chi connectivity index (χ3v) is 4.31. The molecule has 0 radical (unpaired) electrons. The van der Waals surface area contributed by atoms with Crippen LogP contribution in [0.3, 0.4) is 0 Å². The van der Waals surface area contributed by atoms with E-state index in [2.05, 4.69) is 10.3 Å². The number of nitrogens with one attached hydrogen (secondary N) is 2. The Balaban J connectivity index is 2.41. The lowest BCUT2D eigenvalue weighted by molar-refractivity contribution is 0.0956. The van der Waals surface area contributed by atoms with Crippen molar-refractivity contribution in [2.45, 2.75) is 0 Å². The van der Waals surface area contributed by atoms with Crippen LogP contribution in [0.25, 0.3) is 21.5 Å². The fourth-order valence-corrected chi connectivity index (χ4v) is 2.90. The molecule has 7 heteroatoms. The van der Waals surface area contributed by atoms with Crippen molar-refractivity contribution in [1.29, 1.82) is 0 Å². The van der Waals surface area contributed by atoms with Gasteiger partial charge in [0, 0.05) is 24.8 Å². The van der Waals surface area contributed by atoms with Crippen molar-refractivity contribution in [3.8, 4) is 0 Å². The Bertz CT molecular complexity index is 982. The molecule has 2 aromatic carbocycles. The maximum atomic E-state index is 12.4. The van der Waals surface area contributed by atoms with Gasteiger partial charge in [-0.3, -0.25) is 9.59 Å². The smallest absolute Gasteiger partial charge is 0.256 e. The van der Waals surface area contributed by atoms with E-state index in [1.165, 1.54) is 6.20 Å². The monoisotopic (exact) mass is 349 g/mol. The number of hydrogen-bond acceptors (Lipinski definition) is 3.